The monoisotopic (exact) mass is 292 g/mol. The molecule has 6 nitrogen and oxygen atoms in total. The standard InChI is InChI=1S/C15H20N2O4/c1-10-8-13(10)14(18)16-11-4-3-5-12(9-11)17-15(19)21-7-6-20-2/h3-5,9-10,13H,6-8H2,1-2H3,(H,16,18)(H,17,19). The van der Waals surface area contributed by atoms with E-state index < -0.39 is 6.09 Å². The summed E-state index contributed by atoms with van der Waals surface area (Å²) in [6, 6.07) is 6.97. The predicted octanol–water partition coefficient (Wildman–Crippen LogP) is 2.48. The first-order valence-corrected chi connectivity index (χ1v) is 6.94. The van der Waals surface area contributed by atoms with Crippen LogP contribution in [0.15, 0.2) is 24.3 Å². The van der Waals surface area contributed by atoms with Crippen LogP contribution in [-0.4, -0.2) is 32.3 Å². The number of rotatable bonds is 6. The molecule has 1 aromatic carbocycles. The minimum Gasteiger partial charge on any atom is -0.447 e. The second-order valence-electron chi connectivity index (χ2n) is 5.14. The van der Waals surface area contributed by atoms with E-state index in [4.69, 9.17) is 9.47 Å². The molecule has 2 rings (SSSR count). The van der Waals surface area contributed by atoms with Gasteiger partial charge in [-0.1, -0.05) is 13.0 Å². The van der Waals surface area contributed by atoms with Crippen LogP contribution in [0.5, 0.6) is 0 Å². The minimum absolute atomic E-state index is 0.0299. The molecule has 1 saturated carbocycles. The van der Waals surface area contributed by atoms with Gasteiger partial charge in [-0.3, -0.25) is 10.1 Å². The molecule has 1 fully saturated rings. The number of hydrogen-bond acceptors (Lipinski definition) is 4. The Balaban J connectivity index is 1.85. The molecular weight excluding hydrogens is 272 g/mol. The van der Waals surface area contributed by atoms with Crippen LogP contribution < -0.4 is 10.6 Å². The van der Waals surface area contributed by atoms with Crippen LogP contribution in [0.3, 0.4) is 0 Å². The molecule has 2 unspecified atom stereocenters. The molecule has 0 aromatic heterocycles. The summed E-state index contributed by atoms with van der Waals surface area (Å²) in [5, 5.41) is 5.45. The van der Waals surface area contributed by atoms with E-state index in [-0.39, 0.29) is 18.4 Å². The van der Waals surface area contributed by atoms with E-state index in [1.165, 1.54) is 7.11 Å². The van der Waals surface area contributed by atoms with Crippen molar-refractivity contribution in [2.45, 2.75) is 13.3 Å². The van der Waals surface area contributed by atoms with E-state index in [1.54, 1.807) is 24.3 Å². The zero-order valence-corrected chi connectivity index (χ0v) is 12.2. The molecule has 2 N–H and O–H groups in total. The second-order valence-corrected chi connectivity index (χ2v) is 5.14. The number of hydrogen-bond donors (Lipinski definition) is 2. The quantitative estimate of drug-likeness (QED) is 0.790. The average molecular weight is 292 g/mol. The Kier molecular flexibility index (Phi) is 5.16. The highest BCUT2D eigenvalue weighted by molar-refractivity contribution is 5.95. The lowest BCUT2D eigenvalue weighted by molar-refractivity contribution is -0.117. The molecule has 2 amide bonds. The number of methoxy groups -OCH3 is 1. The van der Waals surface area contributed by atoms with E-state index in [1.807, 2.05) is 0 Å². The lowest BCUT2D eigenvalue weighted by atomic mass is 10.2. The summed E-state index contributed by atoms with van der Waals surface area (Å²) in [6.07, 6.45) is 0.390. The minimum atomic E-state index is -0.550. The first-order valence-electron chi connectivity index (χ1n) is 6.94. The van der Waals surface area contributed by atoms with Crippen LogP contribution in [0.25, 0.3) is 0 Å². The van der Waals surface area contributed by atoms with E-state index in [2.05, 4.69) is 17.6 Å². The molecule has 0 aliphatic heterocycles. The molecule has 2 atom stereocenters. The molecule has 21 heavy (non-hydrogen) atoms. The van der Waals surface area contributed by atoms with Crippen LogP contribution >= 0.6 is 0 Å². The van der Waals surface area contributed by atoms with E-state index >= 15 is 0 Å². The Labute approximate surface area is 123 Å². The number of carbonyl (C=O) groups excluding carboxylic acids is 2. The largest absolute Gasteiger partial charge is 0.447 e. The van der Waals surface area contributed by atoms with Crippen LogP contribution in [0.2, 0.25) is 0 Å². The van der Waals surface area contributed by atoms with Gasteiger partial charge < -0.3 is 14.8 Å². The number of anilines is 2. The highest BCUT2D eigenvalue weighted by atomic mass is 16.6. The molecule has 0 radical (unpaired) electrons. The van der Waals surface area contributed by atoms with Crippen LogP contribution in [-0.2, 0) is 14.3 Å². The number of ether oxygens (including phenoxy) is 2. The number of amides is 2. The van der Waals surface area contributed by atoms with Crippen molar-refractivity contribution >= 4 is 23.4 Å². The lowest BCUT2D eigenvalue weighted by Crippen LogP contribution is -2.17. The fourth-order valence-electron chi connectivity index (χ4n) is 1.97. The van der Waals surface area contributed by atoms with Gasteiger partial charge in [0.25, 0.3) is 0 Å². The third-order valence-corrected chi connectivity index (χ3v) is 3.34. The maximum absolute atomic E-state index is 11.9. The number of nitrogens with one attached hydrogen (secondary N) is 2. The van der Waals surface area contributed by atoms with Gasteiger partial charge in [-0.15, -0.1) is 0 Å². The molecule has 0 spiro atoms. The van der Waals surface area contributed by atoms with E-state index in [0.29, 0.717) is 23.9 Å². The zero-order valence-electron chi connectivity index (χ0n) is 12.2. The van der Waals surface area contributed by atoms with Gasteiger partial charge in [0, 0.05) is 24.4 Å². The lowest BCUT2D eigenvalue weighted by Gasteiger charge is -2.09. The second kappa shape index (κ2) is 7.08. The highest BCUT2D eigenvalue weighted by Crippen LogP contribution is 2.38. The molecule has 1 aromatic rings. The molecular formula is C15H20N2O4. The zero-order chi connectivity index (χ0) is 15.2. The summed E-state index contributed by atoms with van der Waals surface area (Å²) in [7, 11) is 1.54. The van der Waals surface area contributed by atoms with Gasteiger partial charge in [0.1, 0.15) is 6.61 Å². The van der Waals surface area contributed by atoms with Crippen molar-refractivity contribution in [1.29, 1.82) is 0 Å². The first kappa shape index (κ1) is 15.3. The van der Waals surface area contributed by atoms with Crippen LogP contribution in [0, 0.1) is 11.8 Å². The summed E-state index contributed by atoms with van der Waals surface area (Å²) in [6.45, 7) is 2.60. The maximum Gasteiger partial charge on any atom is 0.411 e. The average Bonchev–Trinajstić information content (AvgIpc) is 3.17. The molecule has 114 valence electrons. The summed E-state index contributed by atoms with van der Waals surface area (Å²) in [4.78, 5) is 23.4. The van der Waals surface area contributed by atoms with Crippen molar-refractivity contribution in [1.82, 2.24) is 0 Å². The SMILES string of the molecule is COCCOC(=O)Nc1cccc(NC(=O)C2CC2C)c1. The normalized spacial score (nSPS) is 19.7. The molecule has 6 heteroatoms. The van der Waals surface area contributed by atoms with Crippen LogP contribution in [0.4, 0.5) is 16.2 Å². The first-order chi connectivity index (χ1) is 10.1. The third-order valence-electron chi connectivity index (χ3n) is 3.34. The van der Waals surface area contributed by atoms with E-state index in [9.17, 15) is 9.59 Å². The Bertz CT molecular complexity index is 518. The van der Waals surface area contributed by atoms with Gasteiger partial charge in [-0.2, -0.15) is 0 Å². The van der Waals surface area contributed by atoms with Crippen molar-refractivity contribution in [3.8, 4) is 0 Å². The third kappa shape index (κ3) is 4.75. The maximum atomic E-state index is 11.9. The van der Waals surface area contributed by atoms with Gasteiger partial charge in [0.2, 0.25) is 5.91 Å². The van der Waals surface area contributed by atoms with Crippen molar-refractivity contribution < 1.29 is 19.1 Å². The fraction of sp³-hybridized carbons (Fsp3) is 0.467. The Morgan fingerprint density at radius 1 is 1.24 bits per heavy atom. The summed E-state index contributed by atoms with van der Waals surface area (Å²) in [5.74, 6) is 0.602. The van der Waals surface area contributed by atoms with Gasteiger partial charge in [-0.25, -0.2) is 4.79 Å². The number of carbonyl (C=O) groups is 2. The van der Waals surface area contributed by atoms with Gasteiger partial charge >= 0.3 is 6.09 Å². The predicted molar refractivity (Wildman–Crippen MR) is 79.2 cm³/mol. The van der Waals surface area contributed by atoms with Gasteiger partial charge in [0.15, 0.2) is 0 Å². The van der Waals surface area contributed by atoms with Crippen molar-refractivity contribution in [3.05, 3.63) is 24.3 Å². The fourth-order valence-corrected chi connectivity index (χ4v) is 1.97. The van der Waals surface area contributed by atoms with Crippen LogP contribution in [0.1, 0.15) is 13.3 Å². The topological polar surface area (TPSA) is 76.7 Å². The molecule has 0 saturated heterocycles. The number of benzene rings is 1. The summed E-state index contributed by atoms with van der Waals surface area (Å²) < 4.78 is 9.70. The van der Waals surface area contributed by atoms with Crippen molar-refractivity contribution in [3.63, 3.8) is 0 Å². The molecule has 1 aliphatic carbocycles. The Morgan fingerprint density at radius 2 is 1.90 bits per heavy atom. The molecule has 1 aliphatic rings. The summed E-state index contributed by atoms with van der Waals surface area (Å²) >= 11 is 0. The Morgan fingerprint density at radius 3 is 2.52 bits per heavy atom. The van der Waals surface area contributed by atoms with Gasteiger partial charge in [0.05, 0.1) is 6.61 Å². The van der Waals surface area contributed by atoms with E-state index in [0.717, 1.165) is 6.42 Å². The summed E-state index contributed by atoms with van der Waals surface area (Å²) in [5.41, 5.74) is 1.23. The molecule has 0 heterocycles. The van der Waals surface area contributed by atoms with Crippen molar-refractivity contribution in [2.75, 3.05) is 31.0 Å². The highest BCUT2D eigenvalue weighted by Gasteiger charge is 2.39. The van der Waals surface area contributed by atoms with Crippen molar-refractivity contribution in [2.24, 2.45) is 11.8 Å². The molecule has 0 bridgehead atoms. The smallest absolute Gasteiger partial charge is 0.411 e. The Hall–Kier alpha value is -2.08. The van der Waals surface area contributed by atoms with Gasteiger partial charge in [-0.05, 0) is 30.5 Å².